The molecule has 4 nitrogen and oxygen atoms in total. The van der Waals surface area contributed by atoms with Gasteiger partial charge in [0.1, 0.15) is 6.04 Å². The third kappa shape index (κ3) is 2.68. The molecule has 0 spiro atoms. The summed E-state index contributed by atoms with van der Waals surface area (Å²) in [6.45, 7) is 7.74. The monoisotopic (exact) mass is 271 g/mol. The van der Waals surface area contributed by atoms with E-state index < -0.39 is 0 Å². The second-order valence-corrected chi connectivity index (χ2v) is 4.09. The number of rotatable bonds is 4. The van der Waals surface area contributed by atoms with Crippen molar-refractivity contribution >= 4 is 21.8 Å². The second kappa shape index (κ2) is 5.11. The minimum atomic E-state index is -0.309. The highest BCUT2D eigenvalue weighted by atomic mass is 79.9. The van der Waals surface area contributed by atoms with Crippen LogP contribution >= 0.6 is 15.9 Å². The molecule has 0 aliphatic heterocycles. The molecule has 0 fully saturated rings. The predicted molar refractivity (Wildman–Crippen MR) is 62.6 cm³/mol. The lowest BCUT2D eigenvalue weighted by atomic mass is 10.3. The molecule has 82 valence electrons. The third-order valence-electron chi connectivity index (χ3n) is 2.15. The standard InChI is InChI=1S/C10H14BrN3O/c1-4-5-12-10(15)8(3)14-7(2)9(11)6-13-14/h4,6,8H,1,5H2,2-3H3,(H,12,15). The molecule has 1 atom stereocenters. The van der Waals surface area contributed by atoms with Gasteiger partial charge in [-0.15, -0.1) is 6.58 Å². The molecule has 1 heterocycles. The van der Waals surface area contributed by atoms with E-state index in [1.165, 1.54) is 0 Å². The van der Waals surface area contributed by atoms with E-state index in [0.29, 0.717) is 6.54 Å². The van der Waals surface area contributed by atoms with Crippen LogP contribution in [0.15, 0.2) is 23.3 Å². The van der Waals surface area contributed by atoms with Crippen molar-refractivity contribution in [2.24, 2.45) is 0 Å². The van der Waals surface area contributed by atoms with Crippen molar-refractivity contribution in [3.05, 3.63) is 29.0 Å². The summed E-state index contributed by atoms with van der Waals surface area (Å²) >= 11 is 3.35. The molecule has 0 saturated carbocycles. The summed E-state index contributed by atoms with van der Waals surface area (Å²) in [6.07, 6.45) is 3.34. The fourth-order valence-corrected chi connectivity index (χ4v) is 1.50. The second-order valence-electron chi connectivity index (χ2n) is 3.23. The lowest BCUT2D eigenvalue weighted by molar-refractivity contribution is -0.123. The number of aromatic nitrogens is 2. The fourth-order valence-electron chi connectivity index (χ4n) is 1.22. The van der Waals surface area contributed by atoms with Gasteiger partial charge in [-0.1, -0.05) is 6.08 Å². The van der Waals surface area contributed by atoms with E-state index in [1.54, 1.807) is 17.0 Å². The van der Waals surface area contributed by atoms with Crippen molar-refractivity contribution in [2.45, 2.75) is 19.9 Å². The Labute approximate surface area is 97.5 Å². The van der Waals surface area contributed by atoms with Crippen LogP contribution in [0.2, 0.25) is 0 Å². The average molecular weight is 272 g/mol. The maximum absolute atomic E-state index is 11.6. The first-order chi connectivity index (χ1) is 7.07. The molecule has 0 aliphatic carbocycles. The topological polar surface area (TPSA) is 46.9 Å². The number of halogens is 1. The molecular weight excluding hydrogens is 258 g/mol. The Morgan fingerprint density at radius 1 is 1.87 bits per heavy atom. The van der Waals surface area contributed by atoms with Crippen molar-refractivity contribution in [1.82, 2.24) is 15.1 Å². The van der Waals surface area contributed by atoms with Gasteiger partial charge in [0.25, 0.3) is 0 Å². The summed E-state index contributed by atoms with van der Waals surface area (Å²) in [5.74, 6) is -0.0615. The Kier molecular flexibility index (Phi) is 4.08. The van der Waals surface area contributed by atoms with E-state index in [-0.39, 0.29) is 11.9 Å². The van der Waals surface area contributed by atoms with Gasteiger partial charge in [-0.3, -0.25) is 9.48 Å². The van der Waals surface area contributed by atoms with Crippen molar-refractivity contribution in [3.63, 3.8) is 0 Å². The molecule has 1 unspecified atom stereocenters. The summed E-state index contributed by atoms with van der Waals surface area (Å²) in [5, 5.41) is 6.86. The lowest BCUT2D eigenvalue weighted by Crippen LogP contribution is -2.31. The summed E-state index contributed by atoms with van der Waals surface area (Å²) in [4.78, 5) is 11.6. The molecule has 1 amide bonds. The van der Waals surface area contributed by atoms with Crippen LogP contribution in [0.3, 0.4) is 0 Å². The largest absolute Gasteiger partial charge is 0.351 e. The van der Waals surface area contributed by atoms with Gasteiger partial charge in [0.2, 0.25) is 5.91 Å². The maximum atomic E-state index is 11.6. The average Bonchev–Trinajstić information content (AvgIpc) is 2.55. The Morgan fingerprint density at radius 3 is 3.00 bits per heavy atom. The Balaban J connectivity index is 2.75. The zero-order valence-electron chi connectivity index (χ0n) is 8.83. The lowest BCUT2D eigenvalue weighted by Gasteiger charge is -2.13. The van der Waals surface area contributed by atoms with Crippen LogP contribution in [0, 0.1) is 6.92 Å². The molecule has 1 N–H and O–H groups in total. The zero-order valence-corrected chi connectivity index (χ0v) is 10.4. The minimum absolute atomic E-state index is 0.0615. The van der Waals surface area contributed by atoms with Crippen LogP contribution in [0.1, 0.15) is 18.7 Å². The molecule has 0 bridgehead atoms. The first-order valence-electron chi connectivity index (χ1n) is 4.66. The smallest absolute Gasteiger partial charge is 0.244 e. The van der Waals surface area contributed by atoms with E-state index in [9.17, 15) is 4.79 Å². The highest BCUT2D eigenvalue weighted by molar-refractivity contribution is 9.10. The molecule has 0 radical (unpaired) electrons. The normalized spacial score (nSPS) is 12.2. The van der Waals surface area contributed by atoms with E-state index in [4.69, 9.17) is 0 Å². The Morgan fingerprint density at radius 2 is 2.53 bits per heavy atom. The number of carbonyl (C=O) groups excluding carboxylic acids is 1. The van der Waals surface area contributed by atoms with Crippen molar-refractivity contribution in [1.29, 1.82) is 0 Å². The molecule has 5 heteroatoms. The third-order valence-corrected chi connectivity index (χ3v) is 2.93. The van der Waals surface area contributed by atoms with Gasteiger partial charge in [-0.05, 0) is 29.8 Å². The Hall–Kier alpha value is -1.10. The molecule has 0 saturated heterocycles. The van der Waals surface area contributed by atoms with Gasteiger partial charge in [-0.2, -0.15) is 5.10 Å². The molecule has 1 rings (SSSR count). The van der Waals surface area contributed by atoms with Gasteiger partial charge in [0.15, 0.2) is 0 Å². The molecule has 1 aromatic heterocycles. The zero-order chi connectivity index (χ0) is 11.4. The van der Waals surface area contributed by atoms with Crippen molar-refractivity contribution in [3.8, 4) is 0 Å². The number of carbonyl (C=O) groups is 1. The fraction of sp³-hybridized carbons (Fsp3) is 0.400. The number of hydrogen-bond acceptors (Lipinski definition) is 2. The molecule has 0 aliphatic rings. The van der Waals surface area contributed by atoms with Crippen LogP contribution in [0.25, 0.3) is 0 Å². The summed E-state index contributed by atoms with van der Waals surface area (Å²) in [6, 6.07) is -0.309. The minimum Gasteiger partial charge on any atom is -0.351 e. The van der Waals surface area contributed by atoms with Crippen molar-refractivity contribution < 1.29 is 4.79 Å². The first kappa shape index (κ1) is 12.0. The van der Waals surface area contributed by atoms with Gasteiger partial charge in [-0.25, -0.2) is 0 Å². The Bertz CT molecular complexity index is 373. The maximum Gasteiger partial charge on any atom is 0.244 e. The SMILES string of the molecule is C=CCNC(=O)C(C)n1ncc(Br)c1C. The quantitative estimate of drug-likeness (QED) is 0.850. The number of hydrogen-bond donors (Lipinski definition) is 1. The summed E-state index contributed by atoms with van der Waals surface area (Å²) < 4.78 is 2.59. The number of nitrogens with zero attached hydrogens (tertiary/aromatic N) is 2. The summed E-state index contributed by atoms with van der Waals surface area (Å²) in [5.41, 5.74) is 0.941. The molecule has 1 aromatic rings. The van der Waals surface area contributed by atoms with Gasteiger partial charge in [0.05, 0.1) is 16.4 Å². The van der Waals surface area contributed by atoms with Crippen LogP contribution in [0.4, 0.5) is 0 Å². The molecule has 15 heavy (non-hydrogen) atoms. The highest BCUT2D eigenvalue weighted by Gasteiger charge is 2.17. The van der Waals surface area contributed by atoms with Crippen LogP contribution in [-0.2, 0) is 4.79 Å². The number of nitrogens with one attached hydrogen (secondary N) is 1. The van der Waals surface area contributed by atoms with E-state index in [1.807, 2.05) is 13.8 Å². The van der Waals surface area contributed by atoms with E-state index in [2.05, 4.69) is 32.9 Å². The number of amides is 1. The van der Waals surface area contributed by atoms with E-state index >= 15 is 0 Å². The van der Waals surface area contributed by atoms with Gasteiger partial charge >= 0.3 is 0 Å². The summed E-state index contributed by atoms with van der Waals surface area (Å²) in [7, 11) is 0. The molecule has 0 aromatic carbocycles. The van der Waals surface area contributed by atoms with Crippen LogP contribution in [0.5, 0.6) is 0 Å². The van der Waals surface area contributed by atoms with Crippen LogP contribution in [-0.4, -0.2) is 22.2 Å². The van der Waals surface area contributed by atoms with Gasteiger partial charge in [0, 0.05) is 6.54 Å². The predicted octanol–water partition coefficient (Wildman–Crippen LogP) is 1.82. The molecular formula is C10H14BrN3O. The van der Waals surface area contributed by atoms with Crippen molar-refractivity contribution in [2.75, 3.05) is 6.54 Å². The van der Waals surface area contributed by atoms with Crippen LogP contribution < -0.4 is 5.32 Å². The van der Waals surface area contributed by atoms with E-state index in [0.717, 1.165) is 10.2 Å². The first-order valence-corrected chi connectivity index (χ1v) is 5.45. The highest BCUT2D eigenvalue weighted by Crippen LogP contribution is 2.18. The van der Waals surface area contributed by atoms with Gasteiger partial charge < -0.3 is 5.32 Å².